The van der Waals surface area contributed by atoms with E-state index in [1.54, 1.807) is 20.2 Å². The maximum Gasteiger partial charge on any atom is 0.251 e. The molecular formula is C13H13NO2. The zero-order valence-corrected chi connectivity index (χ0v) is 9.28. The van der Waals surface area contributed by atoms with Gasteiger partial charge in [-0.15, -0.1) is 0 Å². The number of hydrogen-bond donors (Lipinski definition) is 1. The van der Waals surface area contributed by atoms with Gasteiger partial charge in [0.1, 0.15) is 5.75 Å². The van der Waals surface area contributed by atoms with Crippen molar-refractivity contribution in [3.63, 3.8) is 0 Å². The molecule has 2 rings (SSSR count). The summed E-state index contributed by atoms with van der Waals surface area (Å²) < 4.78 is 5.14. The molecule has 0 heterocycles. The van der Waals surface area contributed by atoms with Gasteiger partial charge >= 0.3 is 0 Å². The van der Waals surface area contributed by atoms with Gasteiger partial charge in [0.15, 0.2) is 0 Å². The van der Waals surface area contributed by atoms with Crippen LogP contribution in [-0.2, 0) is 0 Å². The Labute approximate surface area is 94.0 Å². The summed E-state index contributed by atoms with van der Waals surface area (Å²) >= 11 is 0. The fraction of sp³-hybridized carbons (Fsp3) is 0.154. The predicted octanol–water partition coefficient (Wildman–Crippen LogP) is 2.21. The number of carbonyl (C=O) groups excluding carboxylic acids is 1. The molecule has 3 heteroatoms. The molecule has 0 bridgehead atoms. The van der Waals surface area contributed by atoms with Crippen molar-refractivity contribution in [2.45, 2.75) is 0 Å². The Hall–Kier alpha value is -2.03. The Morgan fingerprint density at radius 1 is 1.12 bits per heavy atom. The number of methoxy groups -OCH3 is 1. The van der Waals surface area contributed by atoms with Gasteiger partial charge < -0.3 is 10.1 Å². The number of fused-ring (bicyclic) bond motifs is 1. The molecule has 2 aromatic rings. The molecule has 3 nitrogen and oxygen atoms in total. The SMILES string of the molecule is CNC(=O)c1ccc2cc(OC)ccc2c1. The highest BCUT2D eigenvalue weighted by Gasteiger charge is 2.04. The third-order valence-corrected chi connectivity index (χ3v) is 2.54. The van der Waals surface area contributed by atoms with Crippen molar-refractivity contribution in [2.75, 3.05) is 14.2 Å². The first-order valence-corrected chi connectivity index (χ1v) is 5.04. The fourth-order valence-corrected chi connectivity index (χ4v) is 1.64. The maximum absolute atomic E-state index is 11.4. The number of benzene rings is 2. The summed E-state index contributed by atoms with van der Waals surface area (Å²) in [5, 5.41) is 4.70. The summed E-state index contributed by atoms with van der Waals surface area (Å²) in [6, 6.07) is 11.4. The first-order valence-electron chi connectivity index (χ1n) is 5.04. The van der Waals surface area contributed by atoms with E-state index in [0.29, 0.717) is 5.56 Å². The van der Waals surface area contributed by atoms with Gasteiger partial charge in [0.25, 0.3) is 5.91 Å². The van der Waals surface area contributed by atoms with Crippen LogP contribution in [0.25, 0.3) is 10.8 Å². The quantitative estimate of drug-likeness (QED) is 0.834. The molecule has 0 saturated heterocycles. The third-order valence-electron chi connectivity index (χ3n) is 2.54. The van der Waals surface area contributed by atoms with Gasteiger partial charge in [0.2, 0.25) is 0 Å². The second-order valence-corrected chi connectivity index (χ2v) is 3.51. The largest absolute Gasteiger partial charge is 0.497 e. The van der Waals surface area contributed by atoms with E-state index >= 15 is 0 Å². The summed E-state index contributed by atoms with van der Waals surface area (Å²) in [4.78, 5) is 11.4. The molecule has 0 atom stereocenters. The van der Waals surface area contributed by atoms with Gasteiger partial charge in [-0.05, 0) is 35.0 Å². The standard InChI is InChI=1S/C13H13NO2/c1-14-13(15)11-4-3-10-8-12(16-2)6-5-9(10)7-11/h3-8H,1-2H3,(H,14,15). The normalized spacial score (nSPS) is 10.1. The molecule has 0 fully saturated rings. The third kappa shape index (κ3) is 1.84. The van der Waals surface area contributed by atoms with Crippen LogP contribution >= 0.6 is 0 Å². The van der Waals surface area contributed by atoms with Crippen molar-refractivity contribution in [1.29, 1.82) is 0 Å². The van der Waals surface area contributed by atoms with Crippen LogP contribution in [0.5, 0.6) is 5.75 Å². The van der Waals surface area contributed by atoms with E-state index in [1.807, 2.05) is 30.3 Å². The summed E-state index contributed by atoms with van der Waals surface area (Å²) in [7, 11) is 3.26. The van der Waals surface area contributed by atoms with Crippen LogP contribution in [0.3, 0.4) is 0 Å². The molecule has 0 unspecified atom stereocenters. The topological polar surface area (TPSA) is 38.3 Å². The molecule has 16 heavy (non-hydrogen) atoms. The molecule has 0 aromatic heterocycles. The number of carbonyl (C=O) groups is 1. The zero-order valence-electron chi connectivity index (χ0n) is 9.28. The Balaban J connectivity index is 2.51. The lowest BCUT2D eigenvalue weighted by molar-refractivity contribution is 0.0963. The summed E-state index contributed by atoms with van der Waals surface area (Å²) in [6.07, 6.45) is 0. The molecule has 0 aliphatic carbocycles. The number of amides is 1. The minimum Gasteiger partial charge on any atom is -0.497 e. The van der Waals surface area contributed by atoms with E-state index in [-0.39, 0.29) is 5.91 Å². The monoisotopic (exact) mass is 215 g/mol. The molecule has 1 amide bonds. The van der Waals surface area contributed by atoms with E-state index < -0.39 is 0 Å². The van der Waals surface area contributed by atoms with E-state index in [4.69, 9.17) is 4.74 Å². The minimum absolute atomic E-state index is 0.0716. The fourth-order valence-electron chi connectivity index (χ4n) is 1.64. The Morgan fingerprint density at radius 3 is 2.50 bits per heavy atom. The van der Waals surface area contributed by atoms with Crippen LogP contribution in [0.1, 0.15) is 10.4 Å². The maximum atomic E-state index is 11.4. The number of ether oxygens (including phenoxy) is 1. The van der Waals surface area contributed by atoms with Crippen molar-refractivity contribution < 1.29 is 9.53 Å². The van der Waals surface area contributed by atoms with Crippen molar-refractivity contribution in [1.82, 2.24) is 5.32 Å². The average molecular weight is 215 g/mol. The summed E-state index contributed by atoms with van der Waals surface area (Å²) in [6.45, 7) is 0. The van der Waals surface area contributed by atoms with E-state index in [2.05, 4.69) is 5.32 Å². The van der Waals surface area contributed by atoms with Gasteiger partial charge in [0, 0.05) is 12.6 Å². The molecular weight excluding hydrogens is 202 g/mol. The molecule has 0 aliphatic heterocycles. The Kier molecular flexibility index (Phi) is 2.77. The lowest BCUT2D eigenvalue weighted by atomic mass is 10.1. The number of rotatable bonds is 2. The van der Waals surface area contributed by atoms with Crippen LogP contribution < -0.4 is 10.1 Å². The van der Waals surface area contributed by atoms with E-state index in [9.17, 15) is 4.79 Å². The van der Waals surface area contributed by atoms with Crippen molar-refractivity contribution in [3.05, 3.63) is 42.0 Å². The molecule has 0 saturated carbocycles. The Morgan fingerprint density at radius 2 is 1.81 bits per heavy atom. The predicted molar refractivity (Wildman–Crippen MR) is 63.9 cm³/mol. The van der Waals surface area contributed by atoms with E-state index in [0.717, 1.165) is 16.5 Å². The van der Waals surface area contributed by atoms with Crippen LogP contribution in [-0.4, -0.2) is 20.1 Å². The van der Waals surface area contributed by atoms with Gasteiger partial charge in [-0.2, -0.15) is 0 Å². The Bertz CT molecular complexity index is 534. The highest BCUT2D eigenvalue weighted by Crippen LogP contribution is 2.21. The zero-order chi connectivity index (χ0) is 11.5. The van der Waals surface area contributed by atoms with Gasteiger partial charge in [-0.1, -0.05) is 12.1 Å². The number of hydrogen-bond acceptors (Lipinski definition) is 2. The minimum atomic E-state index is -0.0716. The molecule has 82 valence electrons. The van der Waals surface area contributed by atoms with Crippen LogP contribution in [0, 0.1) is 0 Å². The van der Waals surface area contributed by atoms with Crippen molar-refractivity contribution >= 4 is 16.7 Å². The molecule has 1 N–H and O–H groups in total. The molecule has 0 spiro atoms. The number of nitrogens with one attached hydrogen (secondary N) is 1. The van der Waals surface area contributed by atoms with Crippen molar-refractivity contribution in [3.8, 4) is 5.75 Å². The smallest absolute Gasteiger partial charge is 0.251 e. The second kappa shape index (κ2) is 4.23. The van der Waals surface area contributed by atoms with Crippen LogP contribution in [0.2, 0.25) is 0 Å². The first kappa shape index (κ1) is 10.5. The summed E-state index contributed by atoms with van der Waals surface area (Å²) in [5.74, 6) is 0.748. The molecule has 2 aromatic carbocycles. The van der Waals surface area contributed by atoms with Gasteiger partial charge in [-0.3, -0.25) is 4.79 Å². The van der Waals surface area contributed by atoms with Gasteiger partial charge in [-0.25, -0.2) is 0 Å². The van der Waals surface area contributed by atoms with Crippen LogP contribution in [0.4, 0.5) is 0 Å². The first-order chi connectivity index (χ1) is 7.74. The molecule has 0 aliphatic rings. The summed E-state index contributed by atoms with van der Waals surface area (Å²) in [5.41, 5.74) is 0.667. The van der Waals surface area contributed by atoms with Crippen LogP contribution in [0.15, 0.2) is 36.4 Å². The average Bonchev–Trinajstić information content (AvgIpc) is 2.36. The van der Waals surface area contributed by atoms with Gasteiger partial charge in [0.05, 0.1) is 7.11 Å². The van der Waals surface area contributed by atoms with E-state index in [1.165, 1.54) is 0 Å². The lowest BCUT2D eigenvalue weighted by Gasteiger charge is -2.04. The lowest BCUT2D eigenvalue weighted by Crippen LogP contribution is -2.17. The molecule has 0 radical (unpaired) electrons. The van der Waals surface area contributed by atoms with Crippen molar-refractivity contribution in [2.24, 2.45) is 0 Å². The second-order valence-electron chi connectivity index (χ2n) is 3.51. The highest BCUT2D eigenvalue weighted by molar-refractivity contribution is 5.98. The highest BCUT2D eigenvalue weighted by atomic mass is 16.5.